The van der Waals surface area contributed by atoms with Crippen molar-refractivity contribution in [2.24, 2.45) is 0 Å². The molecule has 2 aromatic carbocycles. The fourth-order valence-corrected chi connectivity index (χ4v) is 2.61. The van der Waals surface area contributed by atoms with E-state index in [-0.39, 0.29) is 0 Å². The summed E-state index contributed by atoms with van der Waals surface area (Å²) in [6, 6.07) is 12.7. The normalized spacial score (nSPS) is 10.3. The number of para-hydroxylation sites is 1. The van der Waals surface area contributed by atoms with Crippen LogP contribution in [0.25, 0.3) is 0 Å². The summed E-state index contributed by atoms with van der Waals surface area (Å²) >= 11 is 3.44. The highest BCUT2D eigenvalue weighted by atomic mass is 79.9. The Morgan fingerprint density at radius 1 is 1.18 bits per heavy atom. The first-order valence-corrected chi connectivity index (χ1v) is 8.11. The zero-order chi connectivity index (χ0) is 15.9. The van der Waals surface area contributed by atoms with Crippen molar-refractivity contribution < 1.29 is 14.3 Å². The maximum atomic E-state index is 12.5. The quantitative estimate of drug-likeness (QED) is 0.404. The molecule has 0 aliphatic heterocycles. The highest BCUT2D eigenvalue weighted by molar-refractivity contribution is 9.10. The van der Waals surface area contributed by atoms with Gasteiger partial charge in [0.2, 0.25) is 0 Å². The highest BCUT2D eigenvalue weighted by Gasteiger charge is 2.19. The Labute approximate surface area is 139 Å². The molecule has 0 saturated heterocycles. The van der Waals surface area contributed by atoms with Crippen LogP contribution >= 0.6 is 15.9 Å². The second kappa shape index (κ2) is 7.99. The van der Waals surface area contributed by atoms with Crippen molar-refractivity contribution in [1.29, 1.82) is 0 Å². The van der Waals surface area contributed by atoms with Gasteiger partial charge in [-0.3, -0.25) is 0 Å². The molecule has 0 unspecified atom stereocenters. The summed E-state index contributed by atoms with van der Waals surface area (Å²) in [6.45, 7) is 4.55. The molecular weight excluding hydrogens is 344 g/mol. The van der Waals surface area contributed by atoms with Crippen molar-refractivity contribution in [1.82, 2.24) is 0 Å². The summed E-state index contributed by atoms with van der Waals surface area (Å²) < 4.78 is 12.1. The van der Waals surface area contributed by atoms with E-state index in [1.54, 1.807) is 12.1 Å². The van der Waals surface area contributed by atoms with Crippen LogP contribution in [0.4, 0.5) is 0 Å². The Balaban J connectivity index is 2.25. The molecule has 0 saturated carbocycles. The van der Waals surface area contributed by atoms with Crippen LogP contribution < -0.4 is 9.47 Å². The maximum absolute atomic E-state index is 12.5. The van der Waals surface area contributed by atoms with Crippen LogP contribution in [-0.4, -0.2) is 12.6 Å². The Bertz CT molecular complexity index is 638. The number of hydrogen-bond acceptors (Lipinski definition) is 3. The summed E-state index contributed by atoms with van der Waals surface area (Å²) in [6.07, 6.45) is 1.98. The van der Waals surface area contributed by atoms with E-state index in [4.69, 9.17) is 9.47 Å². The Kier molecular flexibility index (Phi) is 6.01. The van der Waals surface area contributed by atoms with Gasteiger partial charge in [-0.25, -0.2) is 4.79 Å². The summed E-state index contributed by atoms with van der Waals surface area (Å²) in [5, 5.41) is 0. The number of benzene rings is 2. The average molecular weight is 363 g/mol. The molecule has 4 heteroatoms. The second-order valence-electron chi connectivity index (χ2n) is 5.00. The molecule has 0 atom stereocenters. The van der Waals surface area contributed by atoms with Gasteiger partial charge >= 0.3 is 5.97 Å². The van der Waals surface area contributed by atoms with Gasteiger partial charge in [-0.2, -0.15) is 0 Å². The van der Waals surface area contributed by atoms with Gasteiger partial charge < -0.3 is 9.47 Å². The second-order valence-corrected chi connectivity index (χ2v) is 5.92. The van der Waals surface area contributed by atoms with Crippen molar-refractivity contribution in [3.8, 4) is 11.5 Å². The van der Waals surface area contributed by atoms with Gasteiger partial charge in [0, 0.05) is 4.47 Å². The fourth-order valence-electron chi connectivity index (χ4n) is 2.06. The Morgan fingerprint density at radius 2 is 1.91 bits per heavy atom. The predicted molar refractivity (Wildman–Crippen MR) is 90.7 cm³/mol. The molecule has 0 amide bonds. The molecule has 2 rings (SSSR count). The molecule has 0 spiro atoms. The minimum absolute atomic E-state index is 0.400. The number of unbranched alkanes of at least 4 members (excludes halogenated alkanes) is 1. The van der Waals surface area contributed by atoms with Crippen LogP contribution in [0.3, 0.4) is 0 Å². The standard InChI is InChI=1S/C18H19BrO3/c1-3-4-10-21-16-12-14(19)11-13(2)17(16)18(20)22-15-8-6-5-7-9-15/h5-9,11-12H,3-4,10H2,1-2H3. The topological polar surface area (TPSA) is 35.5 Å². The third-order valence-electron chi connectivity index (χ3n) is 3.18. The Hall–Kier alpha value is -1.81. The molecule has 0 aliphatic rings. The lowest BCUT2D eigenvalue weighted by Gasteiger charge is -2.14. The van der Waals surface area contributed by atoms with E-state index < -0.39 is 5.97 Å². The number of carbonyl (C=O) groups is 1. The lowest BCUT2D eigenvalue weighted by molar-refractivity contribution is 0.0729. The SMILES string of the molecule is CCCCOc1cc(Br)cc(C)c1C(=O)Oc1ccccc1. The molecule has 116 valence electrons. The van der Waals surface area contributed by atoms with Gasteiger partial charge in [-0.1, -0.05) is 47.5 Å². The zero-order valence-electron chi connectivity index (χ0n) is 12.8. The van der Waals surface area contributed by atoms with E-state index in [0.717, 1.165) is 22.9 Å². The van der Waals surface area contributed by atoms with Gasteiger partial charge in [-0.05, 0) is 43.2 Å². The monoisotopic (exact) mass is 362 g/mol. The number of hydrogen-bond donors (Lipinski definition) is 0. The lowest BCUT2D eigenvalue weighted by Crippen LogP contribution is -2.13. The highest BCUT2D eigenvalue weighted by Crippen LogP contribution is 2.29. The van der Waals surface area contributed by atoms with E-state index in [0.29, 0.717) is 23.7 Å². The molecule has 0 radical (unpaired) electrons. The summed E-state index contributed by atoms with van der Waals surface area (Å²) in [7, 11) is 0. The van der Waals surface area contributed by atoms with E-state index in [9.17, 15) is 4.79 Å². The number of ether oxygens (including phenoxy) is 2. The summed E-state index contributed by atoms with van der Waals surface area (Å²) in [5.41, 5.74) is 1.30. The number of rotatable bonds is 6. The first-order chi connectivity index (χ1) is 10.6. The number of esters is 1. The van der Waals surface area contributed by atoms with Gasteiger partial charge in [-0.15, -0.1) is 0 Å². The Morgan fingerprint density at radius 3 is 2.59 bits per heavy atom. The van der Waals surface area contributed by atoms with Crippen LogP contribution in [0.15, 0.2) is 46.9 Å². The molecule has 3 nitrogen and oxygen atoms in total. The average Bonchev–Trinajstić information content (AvgIpc) is 2.47. The minimum Gasteiger partial charge on any atom is -0.493 e. The van der Waals surface area contributed by atoms with Crippen LogP contribution in [0.1, 0.15) is 35.7 Å². The summed E-state index contributed by atoms with van der Waals surface area (Å²) in [4.78, 5) is 12.5. The van der Waals surface area contributed by atoms with Gasteiger partial charge in [0.1, 0.15) is 17.1 Å². The molecule has 2 aromatic rings. The van der Waals surface area contributed by atoms with Crippen molar-refractivity contribution in [3.05, 3.63) is 58.1 Å². The van der Waals surface area contributed by atoms with Crippen molar-refractivity contribution >= 4 is 21.9 Å². The third-order valence-corrected chi connectivity index (χ3v) is 3.64. The van der Waals surface area contributed by atoms with E-state index in [1.807, 2.05) is 37.3 Å². The molecule has 0 heterocycles. The van der Waals surface area contributed by atoms with E-state index in [2.05, 4.69) is 22.9 Å². The largest absolute Gasteiger partial charge is 0.493 e. The number of carbonyl (C=O) groups excluding carboxylic acids is 1. The molecule has 0 aromatic heterocycles. The maximum Gasteiger partial charge on any atom is 0.347 e. The van der Waals surface area contributed by atoms with Crippen LogP contribution in [-0.2, 0) is 0 Å². The first-order valence-electron chi connectivity index (χ1n) is 7.32. The smallest absolute Gasteiger partial charge is 0.347 e. The molecule has 22 heavy (non-hydrogen) atoms. The molecule has 0 aliphatic carbocycles. The van der Waals surface area contributed by atoms with Crippen molar-refractivity contribution in [2.75, 3.05) is 6.61 Å². The molecule has 0 fully saturated rings. The minimum atomic E-state index is -0.400. The van der Waals surface area contributed by atoms with Crippen molar-refractivity contribution in [3.63, 3.8) is 0 Å². The van der Waals surface area contributed by atoms with Crippen molar-refractivity contribution in [2.45, 2.75) is 26.7 Å². The summed E-state index contributed by atoms with van der Waals surface area (Å²) in [5.74, 6) is 0.679. The first kappa shape index (κ1) is 16.6. The lowest BCUT2D eigenvalue weighted by atomic mass is 10.1. The molecular formula is C18H19BrO3. The van der Waals surface area contributed by atoms with E-state index in [1.165, 1.54) is 0 Å². The zero-order valence-corrected chi connectivity index (χ0v) is 14.4. The fraction of sp³-hybridized carbons (Fsp3) is 0.278. The third kappa shape index (κ3) is 4.34. The van der Waals surface area contributed by atoms with Gasteiger partial charge in [0.25, 0.3) is 0 Å². The van der Waals surface area contributed by atoms with Gasteiger partial charge in [0.05, 0.1) is 6.61 Å². The predicted octanol–water partition coefficient (Wildman–Crippen LogP) is 5.16. The molecule has 0 bridgehead atoms. The van der Waals surface area contributed by atoms with Crippen LogP contribution in [0.2, 0.25) is 0 Å². The van der Waals surface area contributed by atoms with Crippen LogP contribution in [0, 0.1) is 6.92 Å². The van der Waals surface area contributed by atoms with E-state index >= 15 is 0 Å². The van der Waals surface area contributed by atoms with Gasteiger partial charge in [0.15, 0.2) is 0 Å². The number of halogens is 1. The van der Waals surface area contributed by atoms with Crippen LogP contribution in [0.5, 0.6) is 11.5 Å². The number of aryl methyl sites for hydroxylation is 1. The molecule has 0 N–H and O–H groups in total.